The number of nitrogens with zero attached hydrogens (tertiary/aromatic N) is 7. The number of thiazole rings is 1. The van der Waals surface area contributed by atoms with Crippen LogP contribution in [0.3, 0.4) is 0 Å². The van der Waals surface area contributed by atoms with E-state index in [0.717, 1.165) is 10.3 Å². The largest absolute Gasteiger partial charge is 0.354 e. The van der Waals surface area contributed by atoms with Gasteiger partial charge in [0.25, 0.3) is 5.56 Å². The van der Waals surface area contributed by atoms with Crippen molar-refractivity contribution in [3.8, 4) is 11.4 Å². The van der Waals surface area contributed by atoms with Crippen LogP contribution < -0.4 is 16.6 Å². The standard InChI is InChI=1S/C21H19FN8O3S/c1-27-18-16(19(32)28(2)21(27)33)29(11-24-18)9-15(31)23-7-6-14-10-34-20-25-17(26-30(14)20)12-4-3-5-13(22)8-12/h3-5,8,10-11H,6-7,9H2,1-2H3,(H,23,31). The van der Waals surface area contributed by atoms with Crippen LogP contribution in [0, 0.1) is 5.82 Å². The molecule has 174 valence electrons. The minimum Gasteiger partial charge on any atom is -0.354 e. The number of fused-ring (bicyclic) bond motifs is 2. The molecular weight excluding hydrogens is 463 g/mol. The molecule has 0 spiro atoms. The lowest BCUT2D eigenvalue weighted by atomic mass is 10.2. The second-order valence-corrected chi connectivity index (χ2v) is 8.55. The second kappa shape index (κ2) is 8.33. The fourth-order valence-corrected chi connectivity index (χ4v) is 4.56. The van der Waals surface area contributed by atoms with E-state index in [0.29, 0.717) is 29.3 Å². The highest BCUT2D eigenvalue weighted by atomic mass is 32.1. The number of hydrogen-bond donors (Lipinski definition) is 1. The number of amides is 1. The summed E-state index contributed by atoms with van der Waals surface area (Å²) in [6.07, 6.45) is 1.87. The number of nitrogens with one attached hydrogen (secondary N) is 1. The van der Waals surface area contributed by atoms with Crippen molar-refractivity contribution in [1.29, 1.82) is 0 Å². The lowest BCUT2D eigenvalue weighted by Gasteiger charge is -2.07. The van der Waals surface area contributed by atoms with Gasteiger partial charge in [0.05, 0.1) is 12.0 Å². The van der Waals surface area contributed by atoms with Gasteiger partial charge >= 0.3 is 5.69 Å². The van der Waals surface area contributed by atoms with E-state index >= 15 is 0 Å². The van der Waals surface area contributed by atoms with Gasteiger partial charge < -0.3 is 9.88 Å². The van der Waals surface area contributed by atoms with Crippen molar-refractivity contribution in [2.45, 2.75) is 13.0 Å². The van der Waals surface area contributed by atoms with Crippen LogP contribution in [-0.4, -0.2) is 45.7 Å². The summed E-state index contributed by atoms with van der Waals surface area (Å²) < 4.78 is 18.9. The average Bonchev–Trinajstić information content (AvgIpc) is 3.52. The maximum absolute atomic E-state index is 13.5. The van der Waals surface area contributed by atoms with Gasteiger partial charge in [0.15, 0.2) is 17.0 Å². The third-order valence-corrected chi connectivity index (χ3v) is 6.33. The molecule has 0 aliphatic heterocycles. The molecular formula is C21H19FN8O3S. The maximum atomic E-state index is 13.5. The van der Waals surface area contributed by atoms with E-state index in [2.05, 4.69) is 20.4 Å². The Morgan fingerprint density at radius 2 is 2.03 bits per heavy atom. The van der Waals surface area contributed by atoms with Crippen LogP contribution in [-0.2, 0) is 31.9 Å². The first-order valence-electron chi connectivity index (χ1n) is 10.3. The number of carbonyl (C=O) groups is 1. The molecule has 0 bridgehead atoms. The quantitative estimate of drug-likeness (QED) is 0.380. The Hall–Kier alpha value is -4.13. The van der Waals surface area contributed by atoms with E-state index in [1.165, 1.54) is 53.0 Å². The molecule has 0 saturated heterocycles. The van der Waals surface area contributed by atoms with Crippen LogP contribution in [0.5, 0.6) is 0 Å². The SMILES string of the molecule is Cn1c(=O)c2c(ncn2CC(=O)NCCc2csc3nc(-c4cccc(F)c4)nn23)n(C)c1=O. The zero-order chi connectivity index (χ0) is 24.0. The van der Waals surface area contributed by atoms with Crippen molar-refractivity contribution < 1.29 is 9.18 Å². The van der Waals surface area contributed by atoms with Gasteiger partial charge in [-0.1, -0.05) is 12.1 Å². The molecule has 0 aliphatic carbocycles. The molecule has 5 aromatic rings. The van der Waals surface area contributed by atoms with Crippen molar-refractivity contribution in [2.24, 2.45) is 14.1 Å². The Morgan fingerprint density at radius 3 is 2.82 bits per heavy atom. The highest BCUT2D eigenvalue weighted by Gasteiger charge is 2.16. The number of benzene rings is 1. The summed E-state index contributed by atoms with van der Waals surface area (Å²) in [5.74, 6) is -0.232. The first-order valence-corrected chi connectivity index (χ1v) is 11.2. The monoisotopic (exact) mass is 482 g/mol. The van der Waals surface area contributed by atoms with E-state index in [-0.39, 0.29) is 29.4 Å². The third kappa shape index (κ3) is 3.69. The topological polar surface area (TPSA) is 121 Å². The fourth-order valence-electron chi connectivity index (χ4n) is 3.70. The van der Waals surface area contributed by atoms with E-state index < -0.39 is 11.2 Å². The van der Waals surface area contributed by atoms with Crippen LogP contribution in [0.2, 0.25) is 0 Å². The van der Waals surface area contributed by atoms with E-state index in [4.69, 9.17) is 0 Å². The summed E-state index contributed by atoms with van der Waals surface area (Å²) in [5.41, 5.74) is 0.861. The molecule has 1 amide bonds. The Labute approximate surface area is 194 Å². The summed E-state index contributed by atoms with van der Waals surface area (Å²) in [6, 6.07) is 6.09. The Morgan fingerprint density at radius 1 is 1.21 bits per heavy atom. The molecule has 34 heavy (non-hydrogen) atoms. The summed E-state index contributed by atoms with van der Waals surface area (Å²) in [7, 11) is 2.90. The van der Waals surface area contributed by atoms with Crippen molar-refractivity contribution in [1.82, 2.24) is 38.6 Å². The summed E-state index contributed by atoms with van der Waals surface area (Å²) in [5, 5.41) is 9.20. The summed E-state index contributed by atoms with van der Waals surface area (Å²) >= 11 is 1.41. The summed E-state index contributed by atoms with van der Waals surface area (Å²) in [4.78, 5) is 46.3. The number of aromatic nitrogens is 7. The van der Waals surface area contributed by atoms with E-state index in [1.54, 1.807) is 16.6 Å². The molecule has 4 aromatic heterocycles. The van der Waals surface area contributed by atoms with Gasteiger partial charge in [-0.2, -0.15) is 4.98 Å². The van der Waals surface area contributed by atoms with Crippen LogP contribution in [0.15, 0.2) is 45.6 Å². The minimum absolute atomic E-state index is 0.115. The van der Waals surface area contributed by atoms with Gasteiger partial charge in [-0.15, -0.1) is 16.4 Å². The third-order valence-electron chi connectivity index (χ3n) is 5.47. The fraction of sp³-hybridized carbons (Fsp3) is 0.238. The molecule has 0 saturated carbocycles. The molecule has 5 rings (SSSR count). The normalized spacial score (nSPS) is 11.5. The molecule has 1 aromatic carbocycles. The van der Waals surface area contributed by atoms with E-state index in [9.17, 15) is 18.8 Å². The zero-order valence-electron chi connectivity index (χ0n) is 18.2. The molecule has 4 heterocycles. The van der Waals surface area contributed by atoms with Gasteiger partial charge in [0.2, 0.25) is 10.9 Å². The first-order chi connectivity index (χ1) is 16.3. The molecule has 0 radical (unpaired) electrons. The number of rotatable bonds is 6. The van der Waals surface area contributed by atoms with Gasteiger partial charge in [-0.05, 0) is 12.1 Å². The molecule has 0 aliphatic rings. The maximum Gasteiger partial charge on any atom is 0.332 e. The van der Waals surface area contributed by atoms with Crippen LogP contribution >= 0.6 is 11.3 Å². The Balaban J connectivity index is 1.27. The Kier molecular flexibility index (Phi) is 5.32. The lowest BCUT2D eigenvalue weighted by Crippen LogP contribution is -2.38. The van der Waals surface area contributed by atoms with Gasteiger partial charge in [0, 0.05) is 38.0 Å². The van der Waals surface area contributed by atoms with Crippen LogP contribution in [0.4, 0.5) is 4.39 Å². The minimum atomic E-state index is -0.510. The smallest absolute Gasteiger partial charge is 0.332 e. The van der Waals surface area contributed by atoms with Crippen LogP contribution in [0.25, 0.3) is 27.5 Å². The first kappa shape index (κ1) is 21.7. The lowest BCUT2D eigenvalue weighted by molar-refractivity contribution is -0.121. The number of aryl methyl sites for hydroxylation is 1. The number of halogens is 1. The molecule has 1 N–H and O–H groups in total. The highest BCUT2D eigenvalue weighted by molar-refractivity contribution is 7.15. The predicted octanol–water partition coefficient (Wildman–Crippen LogP) is 0.703. The van der Waals surface area contributed by atoms with Crippen molar-refractivity contribution >= 4 is 33.4 Å². The molecule has 0 unspecified atom stereocenters. The second-order valence-electron chi connectivity index (χ2n) is 7.72. The molecule has 11 nitrogen and oxygen atoms in total. The highest BCUT2D eigenvalue weighted by Crippen LogP contribution is 2.21. The van der Waals surface area contributed by atoms with Gasteiger partial charge in [-0.25, -0.2) is 18.7 Å². The van der Waals surface area contributed by atoms with Crippen LogP contribution in [0.1, 0.15) is 5.69 Å². The molecule has 0 fully saturated rings. The van der Waals surface area contributed by atoms with Gasteiger partial charge in [0.1, 0.15) is 12.4 Å². The van der Waals surface area contributed by atoms with E-state index in [1.807, 2.05) is 5.38 Å². The number of carbonyl (C=O) groups excluding carboxylic acids is 1. The number of imidazole rings is 1. The molecule has 13 heteroatoms. The average molecular weight is 483 g/mol. The summed E-state index contributed by atoms with van der Waals surface area (Å²) in [6.45, 7) is 0.221. The van der Waals surface area contributed by atoms with Gasteiger partial charge in [-0.3, -0.25) is 18.7 Å². The Bertz CT molecular complexity index is 1680. The molecule has 0 atom stereocenters. The van der Waals surface area contributed by atoms with Crippen molar-refractivity contribution in [3.63, 3.8) is 0 Å². The van der Waals surface area contributed by atoms with Crippen molar-refractivity contribution in [3.05, 3.63) is 68.3 Å². The number of hydrogen-bond acceptors (Lipinski definition) is 7. The predicted molar refractivity (Wildman–Crippen MR) is 123 cm³/mol. The zero-order valence-corrected chi connectivity index (χ0v) is 19.0. The van der Waals surface area contributed by atoms with Crippen molar-refractivity contribution in [2.75, 3.05) is 6.54 Å².